The van der Waals surface area contributed by atoms with Gasteiger partial charge in [0, 0.05) is 64.3 Å². The number of amides is 1. The van der Waals surface area contributed by atoms with E-state index in [1.54, 1.807) is 0 Å². The van der Waals surface area contributed by atoms with Gasteiger partial charge in [-0.15, -0.1) is 0 Å². The van der Waals surface area contributed by atoms with E-state index in [9.17, 15) is 4.79 Å². The monoisotopic (exact) mass is 358 g/mol. The molecule has 0 atom stereocenters. The zero-order valence-electron chi connectivity index (χ0n) is 16.2. The van der Waals surface area contributed by atoms with Crippen molar-refractivity contribution in [1.82, 2.24) is 29.1 Å². The molecule has 2 aromatic heterocycles. The molecule has 1 fully saturated rings. The van der Waals surface area contributed by atoms with Gasteiger partial charge in [0.05, 0.1) is 12.0 Å². The van der Waals surface area contributed by atoms with Crippen molar-refractivity contribution in [2.45, 2.75) is 39.7 Å². The Kier molecular flexibility index (Phi) is 6.08. The molecule has 1 saturated heterocycles. The maximum absolute atomic E-state index is 12.7. The number of imidazole rings is 1. The fourth-order valence-corrected chi connectivity index (χ4v) is 3.69. The minimum Gasteiger partial charge on any atom is -0.341 e. The first-order valence-corrected chi connectivity index (χ1v) is 9.49. The molecule has 0 unspecified atom stereocenters. The van der Waals surface area contributed by atoms with Crippen molar-refractivity contribution in [2.75, 3.05) is 32.7 Å². The van der Waals surface area contributed by atoms with Crippen molar-refractivity contribution >= 4 is 5.91 Å². The van der Waals surface area contributed by atoms with Crippen LogP contribution >= 0.6 is 0 Å². The summed E-state index contributed by atoms with van der Waals surface area (Å²) in [4.78, 5) is 21.2. The van der Waals surface area contributed by atoms with Crippen molar-refractivity contribution in [2.24, 2.45) is 7.05 Å². The summed E-state index contributed by atoms with van der Waals surface area (Å²) in [6, 6.07) is 0. The highest BCUT2D eigenvalue weighted by Crippen LogP contribution is 2.15. The maximum atomic E-state index is 12.7. The normalized spacial score (nSPS) is 16.0. The number of rotatable bonds is 6. The smallest absolute Gasteiger partial charge is 0.222 e. The van der Waals surface area contributed by atoms with E-state index in [1.165, 1.54) is 5.56 Å². The second-order valence-electron chi connectivity index (χ2n) is 7.15. The van der Waals surface area contributed by atoms with Crippen molar-refractivity contribution in [3.05, 3.63) is 35.7 Å². The first-order valence-electron chi connectivity index (χ1n) is 9.49. The molecule has 3 heterocycles. The molecule has 0 aliphatic carbocycles. The lowest BCUT2D eigenvalue weighted by molar-refractivity contribution is -0.131. The minimum absolute atomic E-state index is 0.268. The van der Waals surface area contributed by atoms with Gasteiger partial charge in [-0.25, -0.2) is 4.98 Å². The fraction of sp³-hybridized carbons (Fsp3) is 0.632. The van der Waals surface area contributed by atoms with E-state index in [1.807, 2.05) is 42.3 Å². The molecule has 0 spiro atoms. The Balaban J connectivity index is 1.46. The maximum Gasteiger partial charge on any atom is 0.222 e. The Morgan fingerprint density at radius 1 is 1.15 bits per heavy atom. The molecule has 1 amide bonds. The molecule has 3 rings (SSSR count). The van der Waals surface area contributed by atoms with Gasteiger partial charge in [-0.3, -0.25) is 14.4 Å². The van der Waals surface area contributed by atoms with E-state index in [0.29, 0.717) is 6.42 Å². The van der Waals surface area contributed by atoms with Crippen molar-refractivity contribution in [3.8, 4) is 0 Å². The molecule has 0 radical (unpaired) electrons. The molecule has 0 N–H and O–H groups in total. The average Bonchev–Trinajstić information content (AvgIpc) is 3.13. The highest BCUT2D eigenvalue weighted by Gasteiger charge is 2.20. The Labute approximate surface area is 155 Å². The number of hydrogen-bond acceptors (Lipinski definition) is 4. The van der Waals surface area contributed by atoms with E-state index < -0.39 is 0 Å². The third kappa shape index (κ3) is 4.52. The van der Waals surface area contributed by atoms with Crippen LogP contribution in [0.1, 0.15) is 29.8 Å². The van der Waals surface area contributed by atoms with Crippen LogP contribution in [0, 0.1) is 13.8 Å². The van der Waals surface area contributed by atoms with Gasteiger partial charge in [0.2, 0.25) is 5.91 Å². The molecule has 142 valence electrons. The lowest BCUT2D eigenvalue weighted by Crippen LogP contribution is -2.36. The molecule has 0 aromatic carbocycles. The average molecular weight is 358 g/mol. The number of carbonyl (C=O) groups excluding carboxylic acids is 1. The second kappa shape index (κ2) is 8.49. The Hall–Kier alpha value is -2.15. The van der Waals surface area contributed by atoms with Gasteiger partial charge < -0.3 is 9.47 Å². The van der Waals surface area contributed by atoms with Crippen LogP contribution in [-0.4, -0.2) is 67.8 Å². The number of hydrogen-bond donors (Lipinski definition) is 0. The lowest BCUT2D eigenvalue weighted by atomic mass is 10.1. The summed E-state index contributed by atoms with van der Waals surface area (Å²) in [6.07, 6.45) is 8.06. The van der Waals surface area contributed by atoms with Gasteiger partial charge >= 0.3 is 0 Å². The topological polar surface area (TPSA) is 59.2 Å². The van der Waals surface area contributed by atoms with Crippen molar-refractivity contribution in [3.63, 3.8) is 0 Å². The summed E-state index contributed by atoms with van der Waals surface area (Å²) < 4.78 is 4.01. The van der Waals surface area contributed by atoms with E-state index >= 15 is 0 Å². The molecule has 2 aromatic rings. The van der Waals surface area contributed by atoms with Crippen LogP contribution in [0.5, 0.6) is 0 Å². The first-order chi connectivity index (χ1) is 12.5. The van der Waals surface area contributed by atoms with Crippen LogP contribution < -0.4 is 0 Å². The summed E-state index contributed by atoms with van der Waals surface area (Å²) >= 11 is 0. The summed E-state index contributed by atoms with van der Waals surface area (Å²) in [6.45, 7) is 9.75. The zero-order chi connectivity index (χ0) is 18.5. The van der Waals surface area contributed by atoms with Gasteiger partial charge in [-0.05, 0) is 38.8 Å². The van der Waals surface area contributed by atoms with Gasteiger partial charge in [0.25, 0.3) is 0 Å². The minimum atomic E-state index is 0.268. The molecule has 1 aliphatic heterocycles. The third-order valence-electron chi connectivity index (χ3n) is 5.42. The van der Waals surface area contributed by atoms with Gasteiger partial charge in [0.15, 0.2) is 0 Å². The second-order valence-corrected chi connectivity index (χ2v) is 7.15. The molecule has 7 nitrogen and oxygen atoms in total. The van der Waals surface area contributed by atoms with Crippen molar-refractivity contribution in [1.29, 1.82) is 0 Å². The Bertz CT molecular complexity index is 721. The van der Waals surface area contributed by atoms with Crippen LogP contribution in [0.25, 0.3) is 0 Å². The van der Waals surface area contributed by atoms with Crippen LogP contribution in [0.3, 0.4) is 0 Å². The molecule has 0 bridgehead atoms. The standard InChI is InChI=1S/C19H30N6O/c1-16-18(17(2)22(3)21-16)5-6-19(26)25-9-4-8-23(13-14-25)11-12-24-10-7-20-15-24/h7,10,15H,4-6,8-9,11-14H2,1-3H3. The number of carbonyl (C=O) groups is 1. The third-order valence-corrected chi connectivity index (χ3v) is 5.42. The summed E-state index contributed by atoms with van der Waals surface area (Å²) in [7, 11) is 1.96. The highest BCUT2D eigenvalue weighted by atomic mass is 16.2. The van der Waals surface area contributed by atoms with Crippen LogP contribution in [0.4, 0.5) is 0 Å². The number of nitrogens with zero attached hydrogens (tertiary/aromatic N) is 6. The lowest BCUT2D eigenvalue weighted by Gasteiger charge is -2.22. The first kappa shape index (κ1) is 18.6. The van der Waals surface area contributed by atoms with Gasteiger partial charge in [-0.2, -0.15) is 5.10 Å². The summed E-state index contributed by atoms with van der Waals surface area (Å²) in [5.74, 6) is 0.268. The predicted octanol–water partition coefficient (Wildman–Crippen LogP) is 1.40. The Morgan fingerprint density at radius 2 is 2.00 bits per heavy atom. The van der Waals surface area contributed by atoms with Gasteiger partial charge in [0.1, 0.15) is 0 Å². The van der Waals surface area contributed by atoms with Crippen molar-refractivity contribution < 1.29 is 4.79 Å². The van der Waals surface area contributed by atoms with Crippen LogP contribution in [0.15, 0.2) is 18.7 Å². The van der Waals surface area contributed by atoms with E-state index in [-0.39, 0.29) is 5.91 Å². The molecular formula is C19H30N6O. The van der Waals surface area contributed by atoms with E-state index in [4.69, 9.17) is 0 Å². The Morgan fingerprint density at radius 3 is 2.69 bits per heavy atom. The quantitative estimate of drug-likeness (QED) is 0.783. The summed E-state index contributed by atoms with van der Waals surface area (Å²) in [5.41, 5.74) is 3.42. The van der Waals surface area contributed by atoms with Gasteiger partial charge in [-0.1, -0.05) is 0 Å². The molecular weight excluding hydrogens is 328 g/mol. The number of aromatic nitrogens is 4. The molecule has 7 heteroatoms. The predicted molar refractivity (Wildman–Crippen MR) is 101 cm³/mol. The highest BCUT2D eigenvalue weighted by molar-refractivity contribution is 5.76. The van der Waals surface area contributed by atoms with E-state index in [2.05, 4.69) is 26.5 Å². The molecule has 1 aliphatic rings. The zero-order valence-corrected chi connectivity index (χ0v) is 16.2. The largest absolute Gasteiger partial charge is 0.341 e. The number of aryl methyl sites for hydroxylation is 2. The van der Waals surface area contributed by atoms with Crippen LogP contribution in [-0.2, 0) is 24.8 Å². The molecule has 0 saturated carbocycles. The molecule has 26 heavy (non-hydrogen) atoms. The fourth-order valence-electron chi connectivity index (χ4n) is 3.69. The summed E-state index contributed by atoms with van der Waals surface area (Å²) in [5, 5.41) is 4.45. The van der Waals surface area contributed by atoms with Crippen LogP contribution in [0.2, 0.25) is 0 Å². The SMILES string of the molecule is Cc1nn(C)c(C)c1CCC(=O)N1CCCN(CCn2ccnc2)CC1. The van der Waals surface area contributed by atoms with E-state index in [0.717, 1.165) is 63.5 Å².